The van der Waals surface area contributed by atoms with Crippen molar-refractivity contribution in [2.45, 2.75) is 0 Å². The highest BCUT2D eigenvalue weighted by molar-refractivity contribution is 6.19. The third kappa shape index (κ3) is 3.93. The highest BCUT2D eigenvalue weighted by Crippen LogP contribution is 2.43. The number of aromatic nitrogens is 1. The van der Waals surface area contributed by atoms with Crippen molar-refractivity contribution in [3.05, 3.63) is 170 Å². The molecule has 3 heterocycles. The monoisotopic (exact) mass is 640 g/mol. The van der Waals surface area contributed by atoms with Crippen molar-refractivity contribution in [2.24, 2.45) is 0 Å². The van der Waals surface area contributed by atoms with Gasteiger partial charge in [0.15, 0.2) is 0 Å². The Hall–Kier alpha value is -6.78. The van der Waals surface area contributed by atoms with E-state index in [2.05, 4.69) is 155 Å². The Morgan fingerprint density at radius 3 is 1.82 bits per heavy atom. The number of benzene rings is 8. The van der Waals surface area contributed by atoms with E-state index < -0.39 is 0 Å². The molecule has 11 aromatic rings. The molecule has 4 heteroatoms. The summed E-state index contributed by atoms with van der Waals surface area (Å²) < 4.78 is 15.0. The molecule has 3 aromatic heterocycles. The predicted octanol–water partition coefficient (Wildman–Crippen LogP) is 13.2. The van der Waals surface area contributed by atoms with Crippen molar-refractivity contribution in [2.75, 3.05) is 4.90 Å². The molecular weight excluding hydrogens is 613 g/mol. The molecule has 0 saturated heterocycles. The fourth-order valence-electron chi connectivity index (χ4n) is 7.94. The number of nitrogens with zero attached hydrogens (tertiary/aromatic N) is 2. The van der Waals surface area contributed by atoms with Gasteiger partial charge in [-0.3, -0.25) is 0 Å². The van der Waals surface area contributed by atoms with Gasteiger partial charge in [0, 0.05) is 61.1 Å². The van der Waals surface area contributed by atoms with Gasteiger partial charge in [0.1, 0.15) is 22.3 Å². The lowest BCUT2D eigenvalue weighted by Gasteiger charge is -2.26. The van der Waals surface area contributed by atoms with Crippen LogP contribution in [0.1, 0.15) is 0 Å². The summed E-state index contributed by atoms with van der Waals surface area (Å²) in [6, 6.07) is 60.2. The Balaban J connectivity index is 1.16. The van der Waals surface area contributed by atoms with Crippen molar-refractivity contribution in [1.82, 2.24) is 4.57 Å². The summed E-state index contributed by atoms with van der Waals surface area (Å²) in [5.74, 6) is 0. The molecule has 0 saturated carbocycles. The van der Waals surface area contributed by atoms with E-state index in [4.69, 9.17) is 8.83 Å². The Morgan fingerprint density at radius 2 is 0.960 bits per heavy atom. The molecule has 0 bridgehead atoms. The molecule has 0 atom stereocenters. The number of fused-ring (bicyclic) bond motifs is 11. The lowest BCUT2D eigenvalue weighted by molar-refractivity contribution is 0.668. The first-order valence-corrected chi connectivity index (χ1v) is 16.9. The molecule has 0 amide bonds. The summed E-state index contributed by atoms with van der Waals surface area (Å²) in [6.45, 7) is 0. The lowest BCUT2D eigenvalue weighted by Crippen LogP contribution is -2.10. The number of anilines is 3. The van der Waals surface area contributed by atoms with E-state index in [-0.39, 0.29) is 0 Å². The molecule has 8 aromatic carbocycles. The molecule has 0 aliphatic rings. The number of para-hydroxylation sites is 4. The fraction of sp³-hybridized carbons (Fsp3) is 0. The summed E-state index contributed by atoms with van der Waals surface area (Å²) in [5, 5.41) is 9.25. The van der Waals surface area contributed by atoms with E-state index in [1.807, 2.05) is 24.3 Å². The van der Waals surface area contributed by atoms with Gasteiger partial charge < -0.3 is 18.3 Å². The van der Waals surface area contributed by atoms with E-state index in [0.717, 1.165) is 72.0 Å². The minimum Gasteiger partial charge on any atom is -0.456 e. The van der Waals surface area contributed by atoms with Gasteiger partial charge in [0.05, 0.1) is 11.0 Å². The van der Waals surface area contributed by atoms with Gasteiger partial charge in [0.2, 0.25) is 0 Å². The van der Waals surface area contributed by atoms with Crippen LogP contribution in [0.5, 0.6) is 0 Å². The smallest absolute Gasteiger partial charge is 0.137 e. The van der Waals surface area contributed by atoms with Gasteiger partial charge in [-0.2, -0.15) is 0 Å². The first-order valence-electron chi connectivity index (χ1n) is 16.9. The number of hydrogen-bond acceptors (Lipinski definition) is 3. The maximum atomic E-state index is 6.41. The van der Waals surface area contributed by atoms with Gasteiger partial charge >= 0.3 is 0 Å². The van der Waals surface area contributed by atoms with Gasteiger partial charge in [-0.05, 0) is 89.6 Å². The highest BCUT2D eigenvalue weighted by Gasteiger charge is 2.20. The zero-order valence-electron chi connectivity index (χ0n) is 26.9. The van der Waals surface area contributed by atoms with Crippen molar-refractivity contribution >= 4 is 93.5 Å². The normalized spacial score (nSPS) is 12.0. The summed E-state index contributed by atoms with van der Waals surface area (Å²) in [5.41, 5.74) is 10.2. The maximum Gasteiger partial charge on any atom is 0.137 e. The first kappa shape index (κ1) is 27.2. The van der Waals surface area contributed by atoms with E-state index >= 15 is 0 Å². The molecule has 0 aliphatic heterocycles. The van der Waals surface area contributed by atoms with Crippen molar-refractivity contribution in [1.29, 1.82) is 0 Å². The minimum absolute atomic E-state index is 0.864. The van der Waals surface area contributed by atoms with Crippen molar-refractivity contribution < 1.29 is 8.83 Å². The number of rotatable bonds is 4. The van der Waals surface area contributed by atoms with Crippen LogP contribution >= 0.6 is 0 Å². The average Bonchev–Trinajstić information content (AvgIpc) is 3.84. The summed E-state index contributed by atoms with van der Waals surface area (Å²) in [6.07, 6.45) is 0. The van der Waals surface area contributed by atoms with Crippen LogP contribution in [0.2, 0.25) is 0 Å². The molecule has 50 heavy (non-hydrogen) atoms. The van der Waals surface area contributed by atoms with Crippen LogP contribution in [-0.2, 0) is 0 Å². The van der Waals surface area contributed by atoms with E-state index in [9.17, 15) is 0 Å². The topological polar surface area (TPSA) is 34.5 Å². The van der Waals surface area contributed by atoms with Crippen LogP contribution in [0.15, 0.2) is 179 Å². The summed E-state index contributed by atoms with van der Waals surface area (Å²) in [4.78, 5) is 2.35. The fourth-order valence-corrected chi connectivity index (χ4v) is 7.94. The molecule has 0 fully saturated rings. The van der Waals surface area contributed by atoms with Crippen LogP contribution in [-0.4, -0.2) is 4.57 Å². The zero-order chi connectivity index (χ0) is 32.8. The second kappa shape index (κ2) is 10.4. The Bertz CT molecular complexity index is 3110. The van der Waals surface area contributed by atoms with Crippen molar-refractivity contribution in [3.63, 3.8) is 0 Å². The number of hydrogen-bond donors (Lipinski definition) is 0. The molecule has 0 radical (unpaired) electrons. The van der Waals surface area contributed by atoms with Crippen LogP contribution < -0.4 is 4.90 Å². The SMILES string of the molecule is c1ccc(-n2c3ccccc3c3cc(N(c4ccc5c(ccc6oc7ccccc7c65)c4)c4ccc5c(c4)oc4ccccc45)ccc32)cc1. The Labute approximate surface area is 286 Å². The average molecular weight is 641 g/mol. The predicted molar refractivity (Wildman–Crippen MR) is 208 cm³/mol. The molecule has 234 valence electrons. The quantitative estimate of drug-likeness (QED) is 0.192. The third-order valence-electron chi connectivity index (χ3n) is 10.1. The molecule has 0 aliphatic carbocycles. The standard InChI is InChI=1S/C46H28N2O2/c1-2-10-30(11-3-1)48-40-15-7-4-12-35(40)39-27-32(21-24-41(39)48)47(33-20-23-37-36-13-5-8-16-42(36)50-45(37)28-33)31-19-22-34-29(26-31)18-25-44-46(34)38-14-6-9-17-43(38)49-44/h1-28H. The Kier molecular flexibility index (Phi) is 5.63. The summed E-state index contributed by atoms with van der Waals surface area (Å²) in [7, 11) is 0. The van der Waals surface area contributed by atoms with Gasteiger partial charge in [-0.15, -0.1) is 0 Å². The van der Waals surface area contributed by atoms with Crippen LogP contribution in [0, 0.1) is 0 Å². The van der Waals surface area contributed by atoms with Gasteiger partial charge in [0.25, 0.3) is 0 Å². The van der Waals surface area contributed by atoms with Crippen LogP contribution in [0.4, 0.5) is 17.1 Å². The zero-order valence-corrected chi connectivity index (χ0v) is 26.9. The minimum atomic E-state index is 0.864. The summed E-state index contributed by atoms with van der Waals surface area (Å²) >= 11 is 0. The highest BCUT2D eigenvalue weighted by atomic mass is 16.3. The van der Waals surface area contributed by atoms with Crippen LogP contribution in [0.25, 0.3) is 82.1 Å². The second-order valence-corrected chi connectivity index (χ2v) is 12.9. The Morgan fingerprint density at radius 1 is 0.360 bits per heavy atom. The number of furan rings is 2. The van der Waals surface area contributed by atoms with Gasteiger partial charge in [-0.1, -0.05) is 84.9 Å². The van der Waals surface area contributed by atoms with Crippen LogP contribution in [0.3, 0.4) is 0 Å². The molecular formula is C46H28N2O2. The maximum absolute atomic E-state index is 6.41. The second-order valence-electron chi connectivity index (χ2n) is 12.9. The molecule has 11 rings (SSSR count). The molecule has 0 spiro atoms. The van der Waals surface area contributed by atoms with E-state index in [1.165, 1.54) is 27.2 Å². The molecule has 0 unspecified atom stereocenters. The largest absolute Gasteiger partial charge is 0.456 e. The first-order chi connectivity index (χ1) is 24.8. The van der Waals surface area contributed by atoms with Gasteiger partial charge in [-0.25, -0.2) is 0 Å². The molecule has 0 N–H and O–H groups in total. The third-order valence-corrected chi connectivity index (χ3v) is 10.1. The van der Waals surface area contributed by atoms with Crippen molar-refractivity contribution in [3.8, 4) is 5.69 Å². The lowest BCUT2D eigenvalue weighted by atomic mass is 10.0. The van der Waals surface area contributed by atoms with E-state index in [1.54, 1.807) is 0 Å². The molecule has 4 nitrogen and oxygen atoms in total. The van der Waals surface area contributed by atoms with E-state index in [0.29, 0.717) is 0 Å².